The predicted molar refractivity (Wildman–Crippen MR) is 127 cm³/mol. The van der Waals surface area contributed by atoms with E-state index in [2.05, 4.69) is 84.9 Å². The Morgan fingerprint density at radius 1 is 0.600 bits per heavy atom. The average Bonchev–Trinajstić information content (AvgIpc) is 3.30. The number of hydrogen-bond donors (Lipinski definition) is 0. The standard InChI is InChI=1S/C30H28/c1-5-15-25-21(11-1)22-12-2-6-16-26(22)29(25)19-9-10-20-30-27-17-7-3-13-23(27)24-14-4-8-18-28(24)30/h1-7,11-17,29-30H,8-10,18-20H2. The molecule has 0 saturated carbocycles. The van der Waals surface area contributed by atoms with E-state index in [1.54, 1.807) is 11.1 Å². The third-order valence-electron chi connectivity index (χ3n) is 7.46. The molecule has 0 fully saturated rings. The maximum Gasteiger partial charge on any atom is 0.0102 e. The average molecular weight is 389 g/mol. The Hall–Kier alpha value is -2.86. The fourth-order valence-electron chi connectivity index (χ4n) is 6.14. The van der Waals surface area contributed by atoms with Crippen LogP contribution >= 0.6 is 0 Å². The van der Waals surface area contributed by atoms with Crippen LogP contribution in [0.1, 0.15) is 72.6 Å². The van der Waals surface area contributed by atoms with Crippen LogP contribution < -0.4 is 0 Å². The fraction of sp³-hybridized carbons (Fsp3) is 0.267. The second kappa shape index (κ2) is 7.43. The number of benzene rings is 3. The van der Waals surface area contributed by atoms with Gasteiger partial charge in [-0.1, -0.05) is 103 Å². The first-order valence-corrected chi connectivity index (χ1v) is 11.6. The maximum absolute atomic E-state index is 2.38. The summed E-state index contributed by atoms with van der Waals surface area (Å²) in [7, 11) is 0. The van der Waals surface area contributed by atoms with Crippen molar-refractivity contribution in [3.8, 4) is 11.1 Å². The first-order chi connectivity index (χ1) is 14.9. The molecular formula is C30H28. The van der Waals surface area contributed by atoms with Gasteiger partial charge in [-0.25, -0.2) is 0 Å². The molecule has 0 saturated heterocycles. The summed E-state index contributed by atoms with van der Waals surface area (Å²) in [5, 5.41) is 0. The summed E-state index contributed by atoms with van der Waals surface area (Å²) in [4.78, 5) is 0. The Labute approximate surface area is 180 Å². The molecule has 0 N–H and O–H groups in total. The lowest BCUT2D eigenvalue weighted by Gasteiger charge is -2.19. The van der Waals surface area contributed by atoms with Crippen LogP contribution in [0.4, 0.5) is 0 Å². The van der Waals surface area contributed by atoms with Gasteiger partial charge in [0.25, 0.3) is 0 Å². The molecule has 30 heavy (non-hydrogen) atoms. The van der Waals surface area contributed by atoms with Crippen LogP contribution in [-0.2, 0) is 0 Å². The van der Waals surface area contributed by atoms with Crippen molar-refractivity contribution in [2.24, 2.45) is 0 Å². The number of rotatable bonds is 5. The quantitative estimate of drug-likeness (QED) is 0.386. The molecule has 0 radical (unpaired) electrons. The number of hydrogen-bond acceptors (Lipinski definition) is 0. The molecule has 148 valence electrons. The van der Waals surface area contributed by atoms with E-state index < -0.39 is 0 Å². The minimum absolute atomic E-state index is 0.570. The highest BCUT2D eigenvalue weighted by Crippen LogP contribution is 2.49. The van der Waals surface area contributed by atoms with Gasteiger partial charge < -0.3 is 0 Å². The summed E-state index contributed by atoms with van der Waals surface area (Å²) in [5.74, 6) is 1.21. The Morgan fingerprint density at radius 3 is 1.80 bits per heavy atom. The lowest BCUT2D eigenvalue weighted by Crippen LogP contribution is -2.02. The van der Waals surface area contributed by atoms with Gasteiger partial charge in [-0.05, 0) is 64.6 Å². The number of allylic oxidation sites excluding steroid dienone is 4. The van der Waals surface area contributed by atoms with Crippen LogP contribution in [0.15, 0.2) is 90.5 Å². The Balaban J connectivity index is 1.18. The molecule has 6 rings (SSSR count). The van der Waals surface area contributed by atoms with Crippen LogP contribution in [-0.4, -0.2) is 0 Å². The normalized spacial score (nSPS) is 18.9. The molecule has 1 atom stereocenters. The predicted octanol–water partition coefficient (Wildman–Crippen LogP) is 8.26. The van der Waals surface area contributed by atoms with E-state index in [9.17, 15) is 0 Å². The molecule has 0 bridgehead atoms. The van der Waals surface area contributed by atoms with Gasteiger partial charge in [0.05, 0.1) is 0 Å². The summed E-state index contributed by atoms with van der Waals surface area (Å²) < 4.78 is 0. The number of unbranched alkanes of at least 4 members (excludes halogenated alkanes) is 1. The highest BCUT2D eigenvalue weighted by atomic mass is 14.3. The molecule has 0 amide bonds. The van der Waals surface area contributed by atoms with Gasteiger partial charge in [0, 0.05) is 11.8 Å². The lowest BCUT2D eigenvalue weighted by atomic mass is 9.85. The highest BCUT2D eigenvalue weighted by Gasteiger charge is 2.31. The second-order valence-corrected chi connectivity index (χ2v) is 9.03. The molecular weight excluding hydrogens is 360 g/mol. The zero-order valence-corrected chi connectivity index (χ0v) is 17.5. The van der Waals surface area contributed by atoms with Gasteiger partial charge in [0.15, 0.2) is 0 Å². The van der Waals surface area contributed by atoms with E-state index in [1.165, 1.54) is 71.9 Å². The van der Waals surface area contributed by atoms with E-state index >= 15 is 0 Å². The second-order valence-electron chi connectivity index (χ2n) is 9.03. The third kappa shape index (κ3) is 2.82. The smallest absolute Gasteiger partial charge is 0.0102 e. The van der Waals surface area contributed by atoms with E-state index in [4.69, 9.17) is 0 Å². The van der Waals surface area contributed by atoms with Crippen molar-refractivity contribution in [2.75, 3.05) is 0 Å². The topological polar surface area (TPSA) is 0 Å². The van der Waals surface area contributed by atoms with Crippen molar-refractivity contribution >= 4 is 5.57 Å². The molecule has 3 aliphatic rings. The van der Waals surface area contributed by atoms with Gasteiger partial charge in [-0.2, -0.15) is 0 Å². The largest absolute Gasteiger partial charge is 0.0836 e. The zero-order valence-electron chi connectivity index (χ0n) is 17.5. The molecule has 0 heteroatoms. The van der Waals surface area contributed by atoms with Crippen LogP contribution in [0.5, 0.6) is 0 Å². The number of fused-ring (bicyclic) bond motifs is 5. The van der Waals surface area contributed by atoms with Gasteiger partial charge in [0.1, 0.15) is 0 Å². The molecule has 0 aromatic heterocycles. The summed E-state index contributed by atoms with van der Waals surface area (Å²) in [5.41, 5.74) is 12.3. The van der Waals surface area contributed by atoms with E-state index in [0.29, 0.717) is 11.8 Å². The monoisotopic (exact) mass is 388 g/mol. The van der Waals surface area contributed by atoms with E-state index in [0.717, 1.165) is 0 Å². The van der Waals surface area contributed by atoms with Crippen molar-refractivity contribution in [1.29, 1.82) is 0 Å². The first kappa shape index (κ1) is 18.0. The molecule has 1 unspecified atom stereocenters. The van der Waals surface area contributed by atoms with Gasteiger partial charge in [0.2, 0.25) is 0 Å². The van der Waals surface area contributed by atoms with Crippen molar-refractivity contribution in [2.45, 2.75) is 50.4 Å². The molecule has 0 aliphatic heterocycles. The molecule has 3 aromatic carbocycles. The van der Waals surface area contributed by atoms with E-state index in [-0.39, 0.29) is 0 Å². The van der Waals surface area contributed by atoms with Gasteiger partial charge in [-0.15, -0.1) is 0 Å². The van der Waals surface area contributed by atoms with E-state index in [1.807, 2.05) is 0 Å². The highest BCUT2D eigenvalue weighted by molar-refractivity contribution is 5.85. The minimum atomic E-state index is 0.570. The van der Waals surface area contributed by atoms with Gasteiger partial charge in [-0.3, -0.25) is 0 Å². The van der Waals surface area contributed by atoms with Gasteiger partial charge >= 0.3 is 0 Å². The maximum atomic E-state index is 2.38. The molecule has 3 aromatic rings. The summed E-state index contributed by atoms with van der Waals surface area (Å²) in [6.07, 6.45) is 12.3. The van der Waals surface area contributed by atoms with Crippen molar-refractivity contribution in [3.05, 3.63) is 113 Å². The molecule has 0 spiro atoms. The summed E-state index contributed by atoms with van der Waals surface area (Å²) >= 11 is 0. The Morgan fingerprint density at radius 2 is 1.13 bits per heavy atom. The summed E-state index contributed by atoms with van der Waals surface area (Å²) in [6.45, 7) is 0. The van der Waals surface area contributed by atoms with Crippen LogP contribution in [0.2, 0.25) is 0 Å². The van der Waals surface area contributed by atoms with Crippen molar-refractivity contribution in [1.82, 2.24) is 0 Å². The van der Waals surface area contributed by atoms with Crippen LogP contribution in [0, 0.1) is 0 Å². The lowest BCUT2D eigenvalue weighted by molar-refractivity contribution is 0.572. The fourth-order valence-corrected chi connectivity index (χ4v) is 6.14. The molecule has 0 heterocycles. The first-order valence-electron chi connectivity index (χ1n) is 11.6. The Bertz CT molecular complexity index is 1110. The third-order valence-corrected chi connectivity index (χ3v) is 7.46. The van der Waals surface area contributed by atoms with Crippen molar-refractivity contribution < 1.29 is 0 Å². The van der Waals surface area contributed by atoms with Crippen LogP contribution in [0.25, 0.3) is 16.7 Å². The van der Waals surface area contributed by atoms with Crippen LogP contribution in [0.3, 0.4) is 0 Å². The Kier molecular flexibility index (Phi) is 4.45. The SMILES string of the molecule is C1=CC2=C(CC1)C(CCCCC1c3ccccc3-c3ccccc31)c1ccccc12. The molecule has 3 aliphatic carbocycles. The minimum Gasteiger partial charge on any atom is -0.0836 e. The zero-order chi connectivity index (χ0) is 19.9. The molecule has 0 nitrogen and oxygen atoms in total. The summed E-state index contributed by atoms with van der Waals surface area (Å²) in [6, 6.07) is 27.2. The van der Waals surface area contributed by atoms with Crippen molar-refractivity contribution in [3.63, 3.8) is 0 Å².